The summed E-state index contributed by atoms with van der Waals surface area (Å²) in [5.74, 6) is -1.41. The van der Waals surface area contributed by atoms with Gasteiger partial charge in [0.25, 0.3) is 5.91 Å². The zero-order chi connectivity index (χ0) is 17.1. The van der Waals surface area contributed by atoms with Crippen LogP contribution < -0.4 is 5.32 Å². The second kappa shape index (κ2) is 6.93. The molecule has 1 N–H and O–H groups in total. The third-order valence-corrected chi connectivity index (χ3v) is 4.76. The van der Waals surface area contributed by atoms with Crippen molar-refractivity contribution in [2.45, 2.75) is 0 Å². The number of ether oxygens (including phenoxy) is 1. The molecule has 3 rings (SSSR count). The van der Waals surface area contributed by atoms with Crippen LogP contribution in [0.15, 0.2) is 44.8 Å². The predicted octanol–water partition coefficient (Wildman–Crippen LogP) is 2.65. The van der Waals surface area contributed by atoms with Crippen LogP contribution in [-0.2, 0) is 14.3 Å². The second-order valence-electron chi connectivity index (χ2n) is 4.57. The first kappa shape index (κ1) is 16.3. The number of hydrogen-bond acceptors (Lipinski definition) is 7. The zero-order valence-electron chi connectivity index (χ0n) is 12.3. The maximum atomic E-state index is 13.9. The molecule has 9 heteroatoms. The SMILES string of the molecule is COC(=O)/C=C1/S/C(=N\N=Cc2cc(F)c3ccsc3c2)NC1=O. The molecule has 1 aliphatic rings. The highest BCUT2D eigenvalue weighted by atomic mass is 32.2. The molecule has 122 valence electrons. The largest absolute Gasteiger partial charge is 0.466 e. The Morgan fingerprint density at radius 3 is 3.04 bits per heavy atom. The number of carbonyl (C=O) groups excluding carboxylic acids is 2. The first-order chi connectivity index (χ1) is 11.6. The van der Waals surface area contributed by atoms with Gasteiger partial charge in [-0.2, -0.15) is 5.10 Å². The summed E-state index contributed by atoms with van der Waals surface area (Å²) in [6.07, 6.45) is 2.47. The molecule has 0 atom stereocenters. The molecule has 0 aliphatic carbocycles. The minimum absolute atomic E-state index is 0.168. The summed E-state index contributed by atoms with van der Waals surface area (Å²) in [4.78, 5) is 23.0. The van der Waals surface area contributed by atoms with Crippen LogP contribution >= 0.6 is 23.1 Å². The Bertz CT molecular complexity index is 918. The number of methoxy groups -OCH3 is 1. The van der Waals surface area contributed by atoms with Gasteiger partial charge in [-0.15, -0.1) is 16.4 Å². The highest BCUT2D eigenvalue weighted by Crippen LogP contribution is 2.25. The fraction of sp³-hybridized carbons (Fsp3) is 0.0667. The Kier molecular flexibility index (Phi) is 4.72. The van der Waals surface area contributed by atoms with Gasteiger partial charge in [0.1, 0.15) is 5.82 Å². The predicted molar refractivity (Wildman–Crippen MR) is 92.6 cm³/mol. The van der Waals surface area contributed by atoms with E-state index in [4.69, 9.17) is 0 Å². The first-order valence-corrected chi connectivity index (χ1v) is 8.33. The second-order valence-corrected chi connectivity index (χ2v) is 6.55. The van der Waals surface area contributed by atoms with Gasteiger partial charge in [-0.05, 0) is 40.9 Å². The summed E-state index contributed by atoms with van der Waals surface area (Å²) < 4.78 is 19.1. The number of fused-ring (bicyclic) bond motifs is 1. The third-order valence-electron chi connectivity index (χ3n) is 3.00. The van der Waals surface area contributed by atoms with Crippen molar-refractivity contribution in [2.75, 3.05) is 7.11 Å². The molecule has 0 bridgehead atoms. The maximum Gasteiger partial charge on any atom is 0.331 e. The van der Waals surface area contributed by atoms with E-state index < -0.39 is 11.9 Å². The number of esters is 1. The Balaban J connectivity index is 1.75. The molecule has 1 aliphatic heterocycles. The smallest absolute Gasteiger partial charge is 0.331 e. The van der Waals surface area contributed by atoms with E-state index in [0.717, 1.165) is 22.5 Å². The number of amidine groups is 1. The molecule has 6 nitrogen and oxygen atoms in total. The average Bonchev–Trinajstić information content (AvgIpc) is 3.15. The number of thiophene rings is 1. The lowest BCUT2D eigenvalue weighted by atomic mass is 10.2. The molecule has 2 heterocycles. The molecular weight excluding hydrogens is 353 g/mol. The highest BCUT2D eigenvalue weighted by Gasteiger charge is 2.24. The van der Waals surface area contributed by atoms with E-state index in [0.29, 0.717) is 10.9 Å². The Labute approximate surface area is 144 Å². The van der Waals surface area contributed by atoms with Gasteiger partial charge in [0.2, 0.25) is 0 Å². The minimum atomic E-state index is -0.628. The van der Waals surface area contributed by atoms with E-state index in [2.05, 4.69) is 20.3 Å². The first-order valence-electron chi connectivity index (χ1n) is 6.63. The molecule has 1 saturated heterocycles. The zero-order valence-corrected chi connectivity index (χ0v) is 13.9. The molecule has 2 aromatic rings. The van der Waals surface area contributed by atoms with Crippen LogP contribution in [0.1, 0.15) is 5.56 Å². The standard InChI is InChI=1S/C15H10FN3O3S2/c1-22-13(20)6-12-14(21)18-15(24-12)19-17-7-8-4-10(16)9-2-3-23-11(9)5-8/h2-7H,1H3,(H,18,19,21)/b12-6+,17-7?. The summed E-state index contributed by atoms with van der Waals surface area (Å²) in [5, 5.41) is 12.8. The van der Waals surface area contributed by atoms with Crippen LogP contribution in [-0.4, -0.2) is 30.4 Å². The monoisotopic (exact) mass is 363 g/mol. The van der Waals surface area contributed by atoms with Gasteiger partial charge in [0.15, 0.2) is 5.17 Å². The number of carbonyl (C=O) groups is 2. The molecule has 0 radical (unpaired) electrons. The average molecular weight is 363 g/mol. The lowest BCUT2D eigenvalue weighted by Gasteiger charge is -1.95. The van der Waals surface area contributed by atoms with E-state index in [1.165, 1.54) is 30.7 Å². The van der Waals surface area contributed by atoms with Gasteiger partial charge in [-0.3, -0.25) is 10.1 Å². The van der Waals surface area contributed by atoms with E-state index in [1.807, 2.05) is 5.38 Å². The molecule has 1 fully saturated rings. The number of rotatable bonds is 3. The van der Waals surface area contributed by atoms with Crippen molar-refractivity contribution in [3.8, 4) is 0 Å². The van der Waals surface area contributed by atoms with Gasteiger partial charge >= 0.3 is 5.97 Å². The molecule has 24 heavy (non-hydrogen) atoms. The van der Waals surface area contributed by atoms with Gasteiger partial charge in [0.05, 0.1) is 18.2 Å². The quantitative estimate of drug-likeness (QED) is 0.393. The summed E-state index contributed by atoms with van der Waals surface area (Å²) in [7, 11) is 1.22. The highest BCUT2D eigenvalue weighted by molar-refractivity contribution is 8.18. The molecule has 0 spiro atoms. The summed E-state index contributed by atoms with van der Waals surface area (Å²) >= 11 is 2.40. The van der Waals surface area contributed by atoms with Crippen LogP contribution in [0.25, 0.3) is 10.1 Å². The van der Waals surface area contributed by atoms with Gasteiger partial charge in [-0.1, -0.05) is 0 Å². The Morgan fingerprint density at radius 2 is 2.25 bits per heavy atom. The number of nitrogens with one attached hydrogen (secondary N) is 1. The fourth-order valence-electron chi connectivity index (χ4n) is 1.91. The van der Waals surface area contributed by atoms with E-state index in [-0.39, 0.29) is 15.9 Å². The number of hydrogen-bond donors (Lipinski definition) is 1. The summed E-state index contributed by atoms with van der Waals surface area (Å²) in [5.41, 5.74) is 0.562. The van der Waals surface area contributed by atoms with Gasteiger partial charge < -0.3 is 4.74 Å². The number of halogens is 1. The van der Waals surface area contributed by atoms with E-state index in [1.54, 1.807) is 12.1 Å². The van der Waals surface area contributed by atoms with Crippen LogP contribution in [0.4, 0.5) is 4.39 Å². The van der Waals surface area contributed by atoms with Crippen molar-refractivity contribution < 1.29 is 18.7 Å². The van der Waals surface area contributed by atoms with Crippen LogP contribution in [0, 0.1) is 5.82 Å². The van der Waals surface area contributed by atoms with E-state index >= 15 is 0 Å². The molecular formula is C15H10FN3O3S2. The Morgan fingerprint density at radius 1 is 1.42 bits per heavy atom. The van der Waals surface area contributed by atoms with Crippen molar-refractivity contribution in [3.05, 3.63) is 45.9 Å². The maximum absolute atomic E-state index is 13.9. The minimum Gasteiger partial charge on any atom is -0.466 e. The summed E-state index contributed by atoms with van der Waals surface area (Å²) in [6, 6.07) is 4.88. The molecule has 1 amide bonds. The molecule has 0 unspecified atom stereocenters. The number of amides is 1. The van der Waals surface area contributed by atoms with Crippen LogP contribution in [0.2, 0.25) is 0 Å². The van der Waals surface area contributed by atoms with Gasteiger partial charge in [-0.25, -0.2) is 9.18 Å². The van der Waals surface area contributed by atoms with Crippen molar-refractivity contribution in [3.63, 3.8) is 0 Å². The van der Waals surface area contributed by atoms with Crippen molar-refractivity contribution in [1.29, 1.82) is 0 Å². The lowest BCUT2D eigenvalue weighted by molar-refractivity contribution is -0.135. The number of thioether (sulfide) groups is 1. The topological polar surface area (TPSA) is 80.1 Å². The Hall–Kier alpha value is -2.52. The fourth-order valence-corrected chi connectivity index (χ4v) is 3.50. The number of nitrogens with zero attached hydrogens (tertiary/aromatic N) is 2. The van der Waals surface area contributed by atoms with Crippen LogP contribution in [0.3, 0.4) is 0 Å². The van der Waals surface area contributed by atoms with E-state index in [9.17, 15) is 14.0 Å². The lowest BCUT2D eigenvalue weighted by Crippen LogP contribution is -2.19. The van der Waals surface area contributed by atoms with Crippen molar-refractivity contribution in [1.82, 2.24) is 5.32 Å². The van der Waals surface area contributed by atoms with Crippen LogP contribution in [0.5, 0.6) is 0 Å². The molecule has 1 aromatic heterocycles. The molecule has 1 aromatic carbocycles. The number of benzene rings is 1. The molecule has 0 saturated carbocycles. The normalized spacial score (nSPS) is 18.0. The summed E-state index contributed by atoms with van der Waals surface area (Å²) in [6.45, 7) is 0. The third kappa shape index (κ3) is 3.52. The van der Waals surface area contributed by atoms with Crippen molar-refractivity contribution >= 4 is 56.4 Å². The van der Waals surface area contributed by atoms with Gasteiger partial charge in [0, 0.05) is 16.2 Å². The van der Waals surface area contributed by atoms with Crippen molar-refractivity contribution in [2.24, 2.45) is 10.2 Å².